The van der Waals surface area contributed by atoms with Crippen molar-refractivity contribution >= 4 is 66.7 Å². The van der Waals surface area contributed by atoms with Crippen LogP contribution < -0.4 is 9.80 Å². The summed E-state index contributed by atoms with van der Waals surface area (Å²) < 4.78 is 2.44. The van der Waals surface area contributed by atoms with Gasteiger partial charge in [0.15, 0.2) is 0 Å². The van der Waals surface area contributed by atoms with Crippen molar-refractivity contribution in [2.24, 2.45) is 11.8 Å². The number of para-hydroxylation sites is 4. The highest BCUT2D eigenvalue weighted by Crippen LogP contribution is 2.69. The van der Waals surface area contributed by atoms with Crippen LogP contribution in [0, 0.1) is 11.8 Å². The van der Waals surface area contributed by atoms with Crippen LogP contribution in [0.5, 0.6) is 0 Å². The van der Waals surface area contributed by atoms with Crippen LogP contribution >= 0.6 is 0 Å². The molecule has 3 heteroatoms. The highest BCUT2D eigenvalue weighted by molar-refractivity contribution is 6.10. The first-order valence-corrected chi connectivity index (χ1v) is 24.4. The molecule has 1 aromatic heterocycles. The second kappa shape index (κ2) is 15.5. The Kier molecular flexibility index (Phi) is 8.89. The highest BCUT2D eigenvalue weighted by Gasteiger charge is 2.62. The van der Waals surface area contributed by atoms with E-state index in [-0.39, 0.29) is 5.41 Å². The molecule has 0 aliphatic heterocycles. The lowest BCUT2D eigenvalue weighted by molar-refractivity contribution is 0.350. The van der Waals surface area contributed by atoms with Gasteiger partial charge < -0.3 is 14.4 Å². The molecular weight excluding hydrogens is 823 g/mol. The monoisotopic (exact) mass is 871 g/mol. The molecule has 0 saturated heterocycles. The van der Waals surface area contributed by atoms with Gasteiger partial charge in [0, 0.05) is 44.6 Å². The minimum atomic E-state index is -0.161. The zero-order chi connectivity index (χ0) is 44.8. The molecule has 10 aromatic carbocycles. The summed E-state index contributed by atoms with van der Waals surface area (Å²) >= 11 is 0. The van der Waals surface area contributed by atoms with Crippen LogP contribution in [-0.4, -0.2) is 4.57 Å². The summed E-state index contributed by atoms with van der Waals surface area (Å²) in [6.07, 6.45) is 4.63. The van der Waals surface area contributed by atoms with Crippen molar-refractivity contribution in [2.75, 3.05) is 9.80 Å². The maximum absolute atomic E-state index is 2.58. The maximum atomic E-state index is 2.58. The Morgan fingerprint density at radius 3 is 1.54 bits per heavy atom. The standard InChI is InChI=1S/C65H49N3/c1-4-20-52(21-5-1)66(55-36-32-45(33-37-55)47-31-30-44-16-10-11-17-46(44)40-47)60-28-14-18-48-41-50-34-35-51-42-49-19-15-29-61(64(49)65(50,51)63(48)60)67(53-22-6-2-7-23-53)56-38-39-58-57-26-12-13-27-59(57)68(62(58)43-56)54-24-8-3-9-25-54/h1-33,36-40,43,50-51H,34-35,41-42H2. The van der Waals surface area contributed by atoms with Crippen LogP contribution in [-0.2, 0) is 18.3 Å². The smallest absolute Gasteiger partial charge is 0.0561 e. The third-order valence-electron chi connectivity index (χ3n) is 15.8. The summed E-state index contributed by atoms with van der Waals surface area (Å²) in [7, 11) is 0. The van der Waals surface area contributed by atoms with Gasteiger partial charge in [-0.3, -0.25) is 0 Å². The number of anilines is 6. The fraction of sp³-hybridized carbons (Fsp3) is 0.108. The molecule has 11 aromatic rings. The molecule has 0 radical (unpaired) electrons. The lowest BCUT2D eigenvalue weighted by Gasteiger charge is -2.40. The highest BCUT2D eigenvalue weighted by atomic mass is 15.2. The molecule has 324 valence electrons. The first-order valence-electron chi connectivity index (χ1n) is 24.4. The molecule has 3 atom stereocenters. The van der Waals surface area contributed by atoms with Crippen molar-refractivity contribution < 1.29 is 0 Å². The van der Waals surface area contributed by atoms with Crippen LogP contribution in [0.3, 0.4) is 0 Å². The van der Waals surface area contributed by atoms with Gasteiger partial charge in [-0.05, 0) is 167 Å². The van der Waals surface area contributed by atoms with Crippen molar-refractivity contribution in [3.8, 4) is 16.8 Å². The van der Waals surface area contributed by atoms with Crippen molar-refractivity contribution in [1.82, 2.24) is 4.57 Å². The van der Waals surface area contributed by atoms with Gasteiger partial charge in [-0.1, -0.05) is 152 Å². The maximum Gasteiger partial charge on any atom is 0.0561 e. The number of nitrogens with zero attached hydrogens (tertiary/aromatic N) is 3. The summed E-state index contributed by atoms with van der Waals surface area (Å²) in [4.78, 5) is 5.14. The number of hydrogen-bond donors (Lipinski definition) is 0. The first-order chi connectivity index (χ1) is 33.7. The van der Waals surface area contributed by atoms with Gasteiger partial charge >= 0.3 is 0 Å². The zero-order valence-corrected chi connectivity index (χ0v) is 37.8. The fourth-order valence-electron chi connectivity index (χ4n) is 13.2. The molecule has 68 heavy (non-hydrogen) atoms. The van der Waals surface area contributed by atoms with Gasteiger partial charge in [0.2, 0.25) is 0 Å². The van der Waals surface area contributed by atoms with E-state index in [1.807, 2.05) is 0 Å². The number of aromatic nitrogens is 1. The van der Waals surface area contributed by atoms with E-state index in [1.165, 1.54) is 113 Å². The minimum absolute atomic E-state index is 0.161. The average Bonchev–Trinajstić information content (AvgIpc) is 4.13. The van der Waals surface area contributed by atoms with E-state index in [9.17, 15) is 0 Å². The Hall–Kier alpha value is -8.14. The van der Waals surface area contributed by atoms with Crippen LogP contribution in [0.15, 0.2) is 237 Å². The van der Waals surface area contributed by atoms with Crippen LogP contribution in [0.4, 0.5) is 34.1 Å². The van der Waals surface area contributed by atoms with Gasteiger partial charge in [-0.15, -0.1) is 0 Å². The third kappa shape index (κ3) is 5.85. The molecule has 3 unspecified atom stereocenters. The number of rotatable bonds is 8. The molecule has 1 saturated carbocycles. The topological polar surface area (TPSA) is 11.4 Å². The van der Waals surface area contributed by atoms with Crippen molar-refractivity contribution in [3.63, 3.8) is 0 Å². The van der Waals surface area contributed by atoms with Crippen LogP contribution in [0.25, 0.3) is 49.4 Å². The average molecular weight is 872 g/mol. The molecule has 1 spiro atoms. The Bertz CT molecular complexity index is 3700. The molecule has 3 aliphatic carbocycles. The van der Waals surface area contributed by atoms with Gasteiger partial charge in [0.1, 0.15) is 0 Å². The first kappa shape index (κ1) is 39.1. The van der Waals surface area contributed by atoms with E-state index in [4.69, 9.17) is 0 Å². The summed E-state index contributed by atoms with van der Waals surface area (Å²) in [5, 5.41) is 5.05. The third-order valence-corrected chi connectivity index (χ3v) is 15.8. The molecule has 3 nitrogen and oxygen atoms in total. The largest absolute Gasteiger partial charge is 0.310 e. The van der Waals surface area contributed by atoms with E-state index < -0.39 is 0 Å². The van der Waals surface area contributed by atoms with Gasteiger partial charge in [0.05, 0.1) is 22.4 Å². The molecule has 0 amide bonds. The van der Waals surface area contributed by atoms with Gasteiger partial charge in [-0.25, -0.2) is 0 Å². The Balaban J connectivity index is 0.967. The summed E-state index contributed by atoms with van der Waals surface area (Å²) in [6, 6.07) is 88.1. The molecule has 0 bridgehead atoms. The number of fused-ring (bicyclic) bond motifs is 6. The molecule has 1 fully saturated rings. The van der Waals surface area contributed by atoms with Crippen LogP contribution in [0.2, 0.25) is 0 Å². The van der Waals surface area contributed by atoms with Crippen LogP contribution in [0.1, 0.15) is 35.1 Å². The van der Waals surface area contributed by atoms with E-state index in [1.54, 1.807) is 0 Å². The summed E-state index contributed by atoms with van der Waals surface area (Å²) in [5.41, 5.74) is 19.2. The Morgan fingerprint density at radius 1 is 0.368 bits per heavy atom. The minimum Gasteiger partial charge on any atom is -0.310 e. The quantitative estimate of drug-likeness (QED) is 0.151. The van der Waals surface area contributed by atoms with Gasteiger partial charge in [-0.2, -0.15) is 0 Å². The second-order valence-electron chi connectivity index (χ2n) is 19.2. The zero-order valence-electron chi connectivity index (χ0n) is 37.8. The van der Waals surface area contributed by atoms with Crippen molar-refractivity contribution in [1.29, 1.82) is 0 Å². The predicted molar refractivity (Wildman–Crippen MR) is 284 cm³/mol. The molecule has 0 N–H and O–H groups in total. The summed E-state index contributed by atoms with van der Waals surface area (Å²) in [5.74, 6) is 0.999. The number of benzene rings is 10. The molecule has 14 rings (SSSR count). The fourth-order valence-corrected chi connectivity index (χ4v) is 13.2. The van der Waals surface area contributed by atoms with E-state index in [2.05, 4.69) is 251 Å². The summed E-state index contributed by atoms with van der Waals surface area (Å²) in [6.45, 7) is 0. The normalized spacial score (nSPS) is 17.8. The molecular formula is C65H49N3. The lowest BCUT2D eigenvalue weighted by Crippen LogP contribution is -2.34. The van der Waals surface area contributed by atoms with E-state index in [0.29, 0.717) is 11.8 Å². The molecule has 1 heterocycles. The van der Waals surface area contributed by atoms with Crippen molar-refractivity contribution in [2.45, 2.75) is 31.1 Å². The van der Waals surface area contributed by atoms with Gasteiger partial charge in [0.25, 0.3) is 0 Å². The van der Waals surface area contributed by atoms with E-state index >= 15 is 0 Å². The van der Waals surface area contributed by atoms with Crippen molar-refractivity contribution in [3.05, 3.63) is 259 Å². The lowest BCUT2D eigenvalue weighted by atomic mass is 9.68. The molecule has 3 aliphatic rings. The predicted octanol–water partition coefficient (Wildman–Crippen LogP) is 17.0. The van der Waals surface area contributed by atoms with E-state index in [0.717, 1.165) is 18.5 Å². The number of hydrogen-bond acceptors (Lipinski definition) is 2. The Labute approximate surface area is 397 Å². The Morgan fingerprint density at radius 2 is 0.882 bits per heavy atom. The second-order valence-corrected chi connectivity index (χ2v) is 19.2. The SMILES string of the molecule is c1ccc(N(c2ccc(-c3ccc4ccccc4c3)cc2)c2cccc3c2C24c5c(cccc5N(c5ccccc5)c5ccc6c7ccccc7n(-c7ccccc7)c6c5)CC2CCC4C3)cc1.